The van der Waals surface area contributed by atoms with Crippen molar-refractivity contribution in [2.45, 2.75) is 6.54 Å². The predicted molar refractivity (Wildman–Crippen MR) is 101 cm³/mol. The fourth-order valence-electron chi connectivity index (χ4n) is 2.88. The molecule has 4 aromatic rings. The standard InChI is InChI=1S/C20H16N2O2S/c1-24-15-7-4-6-14(12-15)13-22-20(23)17-9-3-2-8-16(17)19(21-22)18-10-5-11-25-18/h2-12H,13H2,1H3. The van der Waals surface area contributed by atoms with Crippen LogP contribution in [0.3, 0.4) is 0 Å². The van der Waals surface area contributed by atoms with Crippen molar-refractivity contribution in [1.29, 1.82) is 0 Å². The Morgan fingerprint density at radius 2 is 1.88 bits per heavy atom. The molecule has 0 aliphatic heterocycles. The van der Waals surface area contributed by atoms with Gasteiger partial charge < -0.3 is 4.74 Å². The number of methoxy groups -OCH3 is 1. The van der Waals surface area contributed by atoms with Gasteiger partial charge in [0.1, 0.15) is 11.4 Å². The van der Waals surface area contributed by atoms with Gasteiger partial charge in [0.25, 0.3) is 5.56 Å². The minimum absolute atomic E-state index is 0.0845. The van der Waals surface area contributed by atoms with E-state index in [1.165, 1.54) is 4.68 Å². The Kier molecular flexibility index (Phi) is 4.07. The molecule has 0 saturated heterocycles. The van der Waals surface area contributed by atoms with Gasteiger partial charge in [0.05, 0.1) is 23.9 Å². The highest BCUT2D eigenvalue weighted by Crippen LogP contribution is 2.28. The average Bonchev–Trinajstić information content (AvgIpc) is 3.19. The molecule has 4 rings (SSSR count). The van der Waals surface area contributed by atoms with Gasteiger partial charge in [0.2, 0.25) is 0 Å². The first-order chi connectivity index (χ1) is 12.3. The molecule has 4 nitrogen and oxygen atoms in total. The predicted octanol–water partition coefficient (Wildman–Crippen LogP) is 4.18. The van der Waals surface area contributed by atoms with Crippen molar-refractivity contribution in [3.05, 3.63) is 82.0 Å². The lowest BCUT2D eigenvalue weighted by Crippen LogP contribution is -2.24. The monoisotopic (exact) mass is 348 g/mol. The van der Waals surface area contributed by atoms with E-state index in [9.17, 15) is 4.79 Å². The second-order valence-corrected chi connectivity index (χ2v) is 6.63. The van der Waals surface area contributed by atoms with Crippen LogP contribution in [-0.2, 0) is 6.54 Å². The van der Waals surface area contributed by atoms with E-state index in [-0.39, 0.29) is 5.56 Å². The zero-order valence-corrected chi connectivity index (χ0v) is 14.5. The van der Waals surface area contributed by atoms with Gasteiger partial charge in [0, 0.05) is 5.39 Å². The van der Waals surface area contributed by atoms with Gasteiger partial charge >= 0.3 is 0 Å². The van der Waals surface area contributed by atoms with Gasteiger partial charge in [0.15, 0.2) is 0 Å². The van der Waals surface area contributed by atoms with Crippen LogP contribution < -0.4 is 10.3 Å². The summed E-state index contributed by atoms with van der Waals surface area (Å²) in [5, 5.41) is 8.25. The molecular weight excluding hydrogens is 332 g/mol. The maximum absolute atomic E-state index is 12.9. The number of fused-ring (bicyclic) bond motifs is 1. The lowest BCUT2D eigenvalue weighted by Gasteiger charge is -2.11. The summed E-state index contributed by atoms with van der Waals surface area (Å²) in [5.41, 5.74) is 1.73. The summed E-state index contributed by atoms with van der Waals surface area (Å²) in [6.07, 6.45) is 0. The molecule has 2 aromatic heterocycles. The third-order valence-corrected chi connectivity index (χ3v) is 4.97. The topological polar surface area (TPSA) is 44.1 Å². The van der Waals surface area contributed by atoms with Gasteiger partial charge in [-0.25, -0.2) is 4.68 Å². The molecule has 0 radical (unpaired) electrons. The average molecular weight is 348 g/mol. The first kappa shape index (κ1) is 15.6. The minimum Gasteiger partial charge on any atom is -0.497 e. The highest BCUT2D eigenvalue weighted by atomic mass is 32.1. The second-order valence-electron chi connectivity index (χ2n) is 5.69. The van der Waals surface area contributed by atoms with Crippen LogP contribution in [0.4, 0.5) is 0 Å². The maximum Gasteiger partial charge on any atom is 0.274 e. The molecule has 0 spiro atoms. The fraction of sp³-hybridized carbons (Fsp3) is 0.100. The molecule has 25 heavy (non-hydrogen) atoms. The fourth-order valence-corrected chi connectivity index (χ4v) is 3.60. The number of rotatable bonds is 4. The third-order valence-electron chi connectivity index (χ3n) is 4.09. The number of ether oxygens (including phenoxy) is 1. The van der Waals surface area contributed by atoms with Crippen molar-refractivity contribution < 1.29 is 4.74 Å². The Morgan fingerprint density at radius 1 is 1.04 bits per heavy atom. The summed E-state index contributed by atoms with van der Waals surface area (Å²) in [5.74, 6) is 0.768. The smallest absolute Gasteiger partial charge is 0.274 e. The molecule has 0 N–H and O–H groups in total. The molecule has 0 atom stereocenters. The van der Waals surface area contributed by atoms with Crippen LogP contribution in [0.2, 0.25) is 0 Å². The molecule has 0 aliphatic carbocycles. The lowest BCUT2D eigenvalue weighted by atomic mass is 10.1. The minimum atomic E-state index is -0.0845. The van der Waals surface area contributed by atoms with E-state index in [0.29, 0.717) is 11.9 Å². The quantitative estimate of drug-likeness (QED) is 0.556. The highest BCUT2D eigenvalue weighted by Gasteiger charge is 2.13. The van der Waals surface area contributed by atoms with E-state index < -0.39 is 0 Å². The van der Waals surface area contributed by atoms with Crippen LogP contribution in [0.5, 0.6) is 5.75 Å². The third kappa shape index (κ3) is 2.94. The van der Waals surface area contributed by atoms with Gasteiger partial charge in [-0.1, -0.05) is 36.4 Å². The van der Waals surface area contributed by atoms with Crippen LogP contribution >= 0.6 is 11.3 Å². The summed E-state index contributed by atoms with van der Waals surface area (Å²) in [6.45, 7) is 0.402. The molecule has 5 heteroatoms. The zero-order valence-electron chi connectivity index (χ0n) is 13.7. The van der Waals surface area contributed by atoms with Crippen LogP contribution in [-0.4, -0.2) is 16.9 Å². The molecule has 2 heterocycles. The van der Waals surface area contributed by atoms with Crippen molar-refractivity contribution in [2.24, 2.45) is 0 Å². The van der Waals surface area contributed by atoms with Crippen molar-refractivity contribution >= 4 is 22.1 Å². The Labute approximate surface area is 148 Å². The van der Waals surface area contributed by atoms with E-state index in [0.717, 1.165) is 27.3 Å². The highest BCUT2D eigenvalue weighted by molar-refractivity contribution is 7.13. The maximum atomic E-state index is 12.9. The summed E-state index contributed by atoms with van der Waals surface area (Å²) in [6, 6.07) is 19.4. The number of aromatic nitrogens is 2. The normalized spacial score (nSPS) is 10.9. The SMILES string of the molecule is COc1cccc(Cn2nc(-c3cccs3)c3ccccc3c2=O)c1. The van der Waals surface area contributed by atoms with Crippen molar-refractivity contribution in [2.75, 3.05) is 7.11 Å². The Balaban J connectivity index is 1.89. The van der Waals surface area contributed by atoms with E-state index in [2.05, 4.69) is 5.10 Å². The Bertz CT molecular complexity index is 1080. The number of nitrogens with zero attached hydrogens (tertiary/aromatic N) is 2. The van der Waals surface area contributed by atoms with Crippen LogP contribution in [0.15, 0.2) is 70.8 Å². The molecule has 0 bridgehead atoms. The van der Waals surface area contributed by atoms with Crippen LogP contribution in [0.1, 0.15) is 5.56 Å². The number of thiophene rings is 1. The molecule has 0 saturated carbocycles. The number of benzene rings is 2. The van der Waals surface area contributed by atoms with Crippen LogP contribution in [0.25, 0.3) is 21.3 Å². The van der Waals surface area contributed by atoms with Crippen molar-refractivity contribution in [1.82, 2.24) is 9.78 Å². The van der Waals surface area contributed by atoms with E-state index >= 15 is 0 Å². The van der Waals surface area contributed by atoms with Gasteiger partial charge in [-0.15, -0.1) is 11.3 Å². The first-order valence-corrected chi connectivity index (χ1v) is 8.81. The number of hydrogen-bond acceptors (Lipinski definition) is 4. The van der Waals surface area contributed by atoms with E-state index in [4.69, 9.17) is 4.74 Å². The van der Waals surface area contributed by atoms with Gasteiger partial charge in [-0.3, -0.25) is 4.79 Å². The molecule has 0 fully saturated rings. The number of hydrogen-bond donors (Lipinski definition) is 0. The largest absolute Gasteiger partial charge is 0.497 e. The Morgan fingerprint density at radius 3 is 2.64 bits per heavy atom. The van der Waals surface area contributed by atoms with E-state index in [1.807, 2.05) is 66.0 Å². The van der Waals surface area contributed by atoms with Gasteiger partial charge in [-0.05, 0) is 35.2 Å². The summed E-state index contributed by atoms with van der Waals surface area (Å²) < 4.78 is 6.80. The summed E-state index contributed by atoms with van der Waals surface area (Å²) in [7, 11) is 1.63. The summed E-state index contributed by atoms with van der Waals surface area (Å²) in [4.78, 5) is 13.9. The van der Waals surface area contributed by atoms with E-state index in [1.54, 1.807) is 18.4 Å². The molecule has 0 unspecified atom stereocenters. The first-order valence-electron chi connectivity index (χ1n) is 7.93. The van der Waals surface area contributed by atoms with Crippen molar-refractivity contribution in [3.8, 4) is 16.3 Å². The Hall–Kier alpha value is -2.92. The van der Waals surface area contributed by atoms with Gasteiger partial charge in [-0.2, -0.15) is 5.10 Å². The molecule has 0 aliphatic rings. The lowest BCUT2D eigenvalue weighted by molar-refractivity contribution is 0.414. The molecular formula is C20H16N2O2S. The molecule has 124 valence electrons. The summed E-state index contributed by atoms with van der Waals surface area (Å²) >= 11 is 1.62. The molecule has 0 amide bonds. The molecule has 2 aromatic carbocycles. The zero-order chi connectivity index (χ0) is 17.2. The van der Waals surface area contributed by atoms with Crippen molar-refractivity contribution in [3.63, 3.8) is 0 Å². The van der Waals surface area contributed by atoms with Crippen LogP contribution in [0, 0.1) is 0 Å². The second kappa shape index (κ2) is 6.53.